The summed E-state index contributed by atoms with van der Waals surface area (Å²) in [4.78, 5) is 25.1. The molecule has 0 radical (unpaired) electrons. The second-order valence-electron chi connectivity index (χ2n) is 6.89. The van der Waals surface area contributed by atoms with Crippen LogP contribution in [0, 0.1) is 0 Å². The predicted octanol–water partition coefficient (Wildman–Crippen LogP) is 0.951. The fourth-order valence-electron chi connectivity index (χ4n) is 3.39. The molecule has 3 heterocycles. The maximum atomic E-state index is 12.4. The molecule has 1 aliphatic heterocycles. The Morgan fingerprint density at radius 2 is 2.26 bits per heavy atom. The van der Waals surface area contributed by atoms with Crippen LogP contribution in [-0.2, 0) is 13.1 Å². The third-order valence-electron chi connectivity index (χ3n) is 4.90. The van der Waals surface area contributed by atoms with Crippen molar-refractivity contribution in [1.82, 2.24) is 34.9 Å². The third-order valence-corrected chi connectivity index (χ3v) is 4.90. The van der Waals surface area contributed by atoms with Crippen LogP contribution >= 0.6 is 0 Å². The van der Waals surface area contributed by atoms with E-state index in [9.17, 15) is 4.79 Å². The van der Waals surface area contributed by atoms with Crippen LogP contribution in [0.15, 0.2) is 30.7 Å². The highest BCUT2D eigenvalue weighted by atomic mass is 16.2. The summed E-state index contributed by atoms with van der Waals surface area (Å²) in [6, 6.07) is 3.97. The summed E-state index contributed by atoms with van der Waals surface area (Å²) in [6.07, 6.45) is 8.29. The molecule has 146 valence electrons. The molecule has 9 heteroatoms. The number of nitrogen functional groups attached to an aromatic ring is 1. The second-order valence-corrected chi connectivity index (χ2v) is 6.89. The van der Waals surface area contributed by atoms with Crippen molar-refractivity contribution in [3.05, 3.63) is 36.5 Å². The van der Waals surface area contributed by atoms with E-state index >= 15 is 0 Å². The molecule has 0 saturated carbocycles. The fraction of sp³-hybridized carbons (Fsp3) is 0.556. The van der Waals surface area contributed by atoms with Crippen molar-refractivity contribution < 1.29 is 4.79 Å². The van der Waals surface area contributed by atoms with E-state index in [1.165, 1.54) is 0 Å². The molecule has 27 heavy (non-hydrogen) atoms. The average Bonchev–Trinajstić information content (AvgIpc) is 3.03. The number of hydrogen-bond donors (Lipinski definition) is 2. The molecule has 9 nitrogen and oxygen atoms in total. The summed E-state index contributed by atoms with van der Waals surface area (Å²) in [5, 5.41) is 7.13. The highest BCUT2D eigenvalue weighted by Gasteiger charge is 2.23. The van der Waals surface area contributed by atoms with Crippen molar-refractivity contribution in [2.45, 2.75) is 38.4 Å². The lowest BCUT2D eigenvalue weighted by atomic mass is 10.1. The van der Waals surface area contributed by atoms with Gasteiger partial charge in [-0.1, -0.05) is 0 Å². The molecule has 0 aliphatic carbocycles. The first-order chi connectivity index (χ1) is 13.1. The molecule has 3 N–H and O–H groups in total. The van der Waals surface area contributed by atoms with Gasteiger partial charge in [0.05, 0.1) is 13.1 Å². The molecule has 1 saturated heterocycles. The number of urea groups is 1. The Hall–Kier alpha value is -2.68. The van der Waals surface area contributed by atoms with Crippen LogP contribution in [0.5, 0.6) is 0 Å². The van der Waals surface area contributed by atoms with Gasteiger partial charge < -0.3 is 16.0 Å². The van der Waals surface area contributed by atoms with Crippen molar-refractivity contribution in [3.63, 3.8) is 0 Å². The monoisotopic (exact) mass is 372 g/mol. The van der Waals surface area contributed by atoms with Crippen LogP contribution in [0.4, 0.5) is 10.6 Å². The molecule has 1 atom stereocenters. The molecular formula is C18H28N8O. The van der Waals surface area contributed by atoms with Gasteiger partial charge in [-0.2, -0.15) is 5.10 Å². The Kier molecular flexibility index (Phi) is 6.59. The summed E-state index contributed by atoms with van der Waals surface area (Å²) >= 11 is 0. The van der Waals surface area contributed by atoms with E-state index in [1.807, 2.05) is 21.8 Å². The number of carbonyl (C=O) groups is 1. The molecule has 2 aromatic rings. The van der Waals surface area contributed by atoms with E-state index in [2.05, 4.69) is 32.3 Å². The number of nitrogens with one attached hydrogen (secondary N) is 1. The zero-order valence-corrected chi connectivity index (χ0v) is 15.8. The summed E-state index contributed by atoms with van der Waals surface area (Å²) in [6.45, 7) is 3.45. The highest BCUT2D eigenvalue weighted by Crippen LogP contribution is 2.17. The largest absolute Gasteiger partial charge is 0.384 e. The van der Waals surface area contributed by atoms with Gasteiger partial charge in [-0.3, -0.25) is 9.58 Å². The summed E-state index contributed by atoms with van der Waals surface area (Å²) in [5.41, 5.74) is 5.73. The van der Waals surface area contributed by atoms with Gasteiger partial charge in [0.25, 0.3) is 0 Å². The predicted molar refractivity (Wildman–Crippen MR) is 103 cm³/mol. The number of anilines is 1. The zero-order chi connectivity index (χ0) is 19.1. The lowest BCUT2D eigenvalue weighted by molar-refractivity contribution is 0.190. The van der Waals surface area contributed by atoms with Crippen molar-refractivity contribution in [3.8, 4) is 0 Å². The Labute approximate surface area is 159 Å². The van der Waals surface area contributed by atoms with Gasteiger partial charge in [0.2, 0.25) is 0 Å². The maximum absolute atomic E-state index is 12.4. The first kappa shape index (κ1) is 19.1. The topological polar surface area (TPSA) is 105 Å². The van der Waals surface area contributed by atoms with Crippen molar-refractivity contribution in [1.29, 1.82) is 0 Å². The third kappa shape index (κ3) is 5.65. The SMILES string of the molecule is CN(Cc1nccc(N)n1)C1CCCN(C(=O)NCCn2cccn2)CC1. The normalized spacial score (nSPS) is 17.7. The molecule has 1 unspecified atom stereocenters. The fourth-order valence-corrected chi connectivity index (χ4v) is 3.39. The van der Waals surface area contributed by atoms with Gasteiger partial charge in [0.15, 0.2) is 0 Å². The van der Waals surface area contributed by atoms with Crippen molar-refractivity contribution >= 4 is 11.8 Å². The van der Waals surface area contributed by atoms with Gasteiger partial charge in [0.1, 0.15) is 11.6 Å². The quantitative estimate of drug-likeness (QED) is 0.782. The highest BCUT2D eigenvalue weighted by molar-refractivity contribution is 5.74. The van der Waals surface area contributed by atoms with Crippen LogP contribution in [-0.4, -0.2) is 68.3 Å². The number of likely N-dealkylation sites (tertiary alicyclic amines) is 1. The smallest absolute Gasteiger partial charge is 0.317 e. The van der Waals surface area contributed by atoms with Gasteiger partial charge in [-0.15, -0.1) is 0 Å². The minimum Gasteiger partial charge on any atom is -0.384 e. The zero-order valence-electron chi connectivity index (χ0n) is 15.8. The summed E-state index contributed by atoms with van der Waals surface area (Å²) < 4.78 is 1.81. The maximum Gasteiger partial charge on any atom is 0.317 e. The summed E-state index contributed by atoms with van der Waals surface area (Å²) in [5.74, 6) is 1.22. The number of nitrogens with zero attached hydrogens (tertiary/aromatic N) is 6. The Bertz CT molecular complexity index is 720. The van der Waals surface area contributed by atoms with Crippen LogP contribution < -0.4 is 11.1 Å². The number of rotatable bonds is 6. The molecule has 1 aliphatic rings. The number of hydrogen-bond acceptors (Lipinski definition) is 6. The van der Waals surface area contributed by atoms with Crippen molar-refractivity contribution in [2.75, 3.05) is 32.4 Å². The van der Waals surface area contributed by atoms with Gasteiger partial charge in [-0.25, -0.2) is 14.8 Å². The lowest BCUT2D eigenvalue weighted by Crippen LogP contribution is -2.42. The average molecular weight is 372 g/mol. The molecule has 0 bridgehead atoms. The minimum absolute atomic E-state index is 0.00428. The van der Waals surface area contributed by atoms with E-state index < -0.39 is 0 Å². The Balaban J connectivity index is 1.44. The molecule has 1 fully saturated rings. The molecule has 0 aromatic carbocycles. The van der Waals surface area contributed by atoms with E-state index in [-0.39, 0.29) is 6.03 Å². The Morgan fingerprint density at radius 1 is 1.37 bits per heavy atom. The van der Waals surface area contributed by atoms with Crippen LogP contribution in [0.2, 0.25) is 0 Å². The van der Waals surface area contributed by atoms with Crippen LogP contribution in [0.25, 0.3) is 0 Å². The standard InChI is InChI=1S/C18H28N8O/c1-24(14-17-20-8-5-16(19)23-17)15-4-2-10-25(12-6-15)18(27)21-9-13-26-11-3-7-22-26/h3,5,7-8,11,15H,2,4,6,9-10,12-14H2,1H3,(H,21,27)(H2,19,20,23). The first-order valence-corrected chi connectivity index (χ1v) is 9.39. The number of nitrogens with two attached hydrogens (primary N) is 1. The number of aromatic nitrogens is 4. The van der Waals surface area contributed by atoms with Crippen molar-refractivity contribution in [2.24, 2.45) is 0 Å². The molecule has 2 amide bonds. The molecule has 0 spiro atoms. The molecule has 3 rings (SSSR count). The van der Waals surface area contributed by atoms with Gasteiger partial charge in [0, 0.05) is 44.3 Å². The van der Waals surface area contributed by atoms with E-state index in [0.29, 0.717) is 31.5 Å². The van der Waals surface area contributed by atoms with Gasteiger partial charge >= 0.3 is 6.03 Å². The lowest BCUT2D eigenvalue weighted by Gasteiger charge is -2.26. The van der Waals surface area contributed by atoms with Gasteiger partial charge in [-0.05, 0) is 38.4 Å². The van der Waals surface area contributed by atoms with Crippen LogP contribution in [0.1, 0.15) is 25.1 Å². The molecule has 2 aromatic heterocycles. The first-order valence-electron chi connectivity index (χ1n) is 9.39. The Morgan fingerprint density at radius 3 is 3.04 bits per heavy atom. The molecular weight excluding hydrogens is 344 g/mol. The second kappa shape index (κ2) is 9.31. The van der Waals surface area contributed by atoms with E-state index in [1.54, 1.807) is 18.5 Å². The number of carbonyl (C=O) groups excluding carboxylic acids is 1. The minimum atomic E-state index is 0.00428. The summed E-state index contributed by atoms with van der Waals surface area (Å²) in [7, 11) is 2.08. The van der Waals surface area contributed by atoms with Crippen LogP contribution in [0.3, 0.4) is 0 Å². The van der Waals surface area contributed by atoms with E-state index in [4.69, 9.17) is 5.73 Å². The number of amides is 2. The van der Waals surface area contributed by atoms with E-state index in [0.717, 1.165) is 38.2 Å².